The maximum absolute atomic E-state index is 13.2. The van der Waals surface area contributed by atoms with Gasteiger partial charge in [0.05, 0.1) is 0 Å². The van der Waals surface area contributed by atoms with Gasteiger partial charge in [-0.05, 0) is 11.8 Å². The molecular weight excluding hydrogens is 165 g/mol. The molecule has 0 aromatic rings. The molecule has 6 atom stereocenters. The topological polar surface area (TPSA) is 0 Å². The second-order valence-corrected chi connectivity index (χ2v) is 3.91. The first-order chi connectivity index (χ1) is 5.46. The summed E-state index contributed by atoms with van der Waals surface area (Å²) in [6, 6.07) is 0. The number of hydrogen-bond acceptors (Lipinski definition) is 0. The second-order valence-electron chi connectivity index (χ2n) is 3.91. The number of rotatable bonds is 0. The molecule has 6 unspecified atom stereocenters. The van der Waals surface area contributed by atoms with Crippen molar-refractivity contribution < 1.29 is 13.2 Å². The van der Waals surface area contributed by atoms with Crippen LogP contribution < -0.4 is 0 Å². The summed E-state index contributed by atoms with van der Waals surface area (Å²) in [7, 11) is 0. The van der Waals surface area contributed by atoms with Crippen molar-refractivity contribution in [1.29, 1.82) is 0 Å². The number of alkyl halides is 3. The van der Waals surface area contributed by atoms with Gasteiger partial charge in [0.25, 0.3) is 0 Å². The fourth-order valence-electron chi connectivity index (χ4n) is 1.81. The summed E-state index contributed by atoms with van der Waals surface area (Å²) in [4.78, 5) is 0. The van der Waals surface area contributed by atoms with Gasteiger partial charge in [-0.25, -0.2) is 13.2 Å². The second kappa shape index (κ2) is 3.27. The van der Waals surface area contributed by atoms with Crippen LogP contribution in [0.15, 0.2) is 0 Å². The lowest BCUT2D eigenvalue weighted by atomic mass is 9.73. The monoisotopic (exact) mass is 180 g/mol. The van der Waals surface area contributed by atoms with E-state index in [9.17, 15) is 13.2 Å². The molecular formula is C9H15F3. The van der Waals surface area contributed by atoms with Gasteiger partial charge in [0.15, 0.2) is 0 Å². The molecule has 1 fully saturated rings. The van der Waals surface area contributed by atoms with Gasteiger partial charge in [-0.1, -0.05) is 20.8 Å². The largest absolute Gasteiger partial charge is 0.247 e. The van der Waals surface area contributed by atoms with Crippen molar-refractivity contribution in [3.63, 3.8) is 0 Å². The van der Waals surface area contributed by atoms with E-state index in [1.54, 1.807) is 13.8 Å². The number of hydrogen-bond donors (Lipinski definition) is 0. The first-order valence-electron chi connectivity index (χ1n) is 4.39. The summed E-state index contributed by atoms with van der Waals surface area (Å²) >= 11 is 0. The minimum Gasteiger partial charge on any atom is -0.247 e. The number of halogens is 3. The molecule has 0 bridgehead atoms. The lowest BCUT2D eigenvalue weighted by molar-refractivity contribution is -0.0482. The third-order valence-corrected chi connectivity index (χ3v) is 3.14. The molecule has 0 radical (unpaired) electrons. The first-order valence-corrected chi connectivity index (χ1v) is 4.39. The van der Waals surface area contributed by atoms with Gasteiger partial charge in [0, 0.05) is 5.92 Å². The molecule has 12 heavy (non-hydrogen) atoms. The maximum Gasteiger partial charge on any atom is 0.137 e. The Morgan fingerprint density at radius 1 is 0.583 bits per heavy atom. The molecule has 1 aliphatic carbocycles. The summed E-state index contributed by atoms with van der Waals surface area (Å²) in [6.07, 6.45) is -4.34. The van der Waals surface area contributed by atoms with Crippen molar-refractivity contribution in [1.82, 2.24) is 0 Å². The fourth-order valence-corrected chi connectivity index (χ4v) is 1.81. The highest BCUT2D eigenvalue weighted by molar-refractivity contribution is 4.93. The molecule has 0 nitrogen and oxygen atoms in total. The molecule has 0 aromatic carbocycles. The molecule has 3 heteroatoms. The fraction of sp³-hybridized carbons (Fsp3) is 1.00. The Hall–Kier alpha value is -0.210. The van der Waals surface area contributed by atoms with Crippen LogP contribution in [-0.4, -0.2) is 18.5 Å². The quantitative estimate of drug-likeness (QED) is 0.537. The van der Waals surface area contributed by atoms with Crippen LogP contribution in [0.2, 0.25) is 0 Å². The zero-order valence-electron chi connectivity index (χ0n) is 7.60. The van der Waals surface area contributed by atoms with Gasteiger partial charge in [-0.3, -0.25) is 0 Å². The van der Waals surface area contributed by atoms with Crippen LogP contribution in [0.25, 0.3) is 0 Å². The van der Waals surface area contributed by atoms with E-state index in [1.165, 1.54) is 6.92 Å². The third-order valence-electron chi connectivity index (χ3n) is 3.14. The highest BCUT2D eigenvalue weighted by atomic mass is 19.2. The van der Waals surface area contributed by atoms with Crippen LogP contribution in [0.5, 0.6) is 0 Å². The molecule has 1 rings (SSSR count). The summed E-state index contributed by atoms with van der Waals surface area (Å²) < 4.78 is 39.4. The van der Waals surface area contributed by atoms with Crippen LogP contribution in [-0.2, 0) is 0 Å². The maximum atomic E-state index is 13.2. The predicted octanol–water partition coefficient (Wildman–Crippen LogP) is 2.92. The first kappa shape index (κ1) is 9.87. The average Bonchev–Trinajstić information content (AvgIpc) is 2.08. The lowest BCUT2D eigenvalue weighted by Crippen LogP contribution is -2.47. The van der Waals surface area contributed by atoms with E-state index < -0.39 is 30.4 Å². The normalized spacial score (nSPS) is 55.5. The van der Waals surface area contributed by atoms with Gasteiger partial charge >= 0.3 is 0 Å². The zero-order valence-corrected chi connectivity index (χ0v) is 7.60. The van der Waals surface area contributed by atoms with Crippen molar-refractivity contribution >= 4 is 0 Å². The minimum atomic E-state index is -1.63. The Bertz CT molecular complexity index is 101. The highest BCUT2D eigenvalue weighted by Crippen LogP contribution is 2.39. The van der Waals surface area contributed by atoms with Crippen molar-refractivity contribution in [3.05, 3.63) is 0 Å². The van der Waals surface area contributed by atoms with Crippen molar-refractivity contribution in [3.8, 4) is 0 Å². The molecule has 0 N–H and O–H groups in total. The Kier molecular flexibility index (Phi) is 2.69. The van der Waals surface area contributed by atoms with Gasteiger partial charge in [-0.15, -0.1) is 0 Å². The molecule has 0 amide bonds. The van der Waals surface area contributed by atoms with Gasteiger partial charge < -0.3 is 0 Å². The standard InChI is InChI=1S/C9H15F3/c1-4-5(2)8(11)9(12)6(3)7(4)10/h4-9H,1-3H3. The molecule has 0 saturated heterocycles. The Labute approximate surface area is 71.1 Å². The van der Waals surface area contributed by atoms with Gasteiger partial charge in [0.2, 0.25) is 0 Å². The Morgan fingerprint density at radius 3 is 1.42 bits per heavy atom. The SMILES string of the molecule is CC1C(C)C(F)C(F)C(C)C1F. The molecule has 1 saturated carbocycles. The summed E-state index contributed by atoms with van der Waals surface area (Å²) in [6.45, 7) is 4.65. The molecule has 72 valence electrons. The third kappa shape index (κ3) is 1.34. The van der Waals surface area contributed by atoms with Crippen molar-refractivity contribution in [2.75, 3.05) is 0 Å². The highest BCUT2D eigenvalue weighted by Gasteiger charge is 2.46. The van der Waals surface area contributed by atoms with E-state index >= 15 is 0 Å². The molecule has 0 aromatic heterocycles. The van der Waals surface area contributed by atoms with E-state index in [0.29, 0.717) is 0 Å². The van der Waals surface area contributed by atoms with Gasteiger partial charge in [0.1, 0.15) is 18.5 Å². The molecule has 1 aliphatic rings. The Balaban J connectivity index is 2.76. The summed E-state index contributed by atoms with van der Waals surface area (Å²) in [5.41, 5.74) is 0. The van der Waals surface area contributed by atoms with E-state index in [0.717, 1.165) is 0 Å². The van der Waals surface area contributed by atoms with Crippen LogP contribution >= 0.6 is 0 Å². The van der Waals surface area contributed by atoms with Crippen molar-refractivity contribution in [2.45, 2.75) is 39.3 Å². The van der Waals surface area contributed by atoms with E-state index in [1.807, 2.05) is 0 Å². The summed E-state index contributed by atoms with van der Waals surface area (Å²) in [5, 5.41) is 0. The van der Waals surface area contributed by atoms with Crippen molar-refractivity contribution in [2.24, 2.45) is 17.8 Å². The molecule has 0 aliphatic heterocycles. The van der Waals surface area contributed by atoms with Crippen LogP contribution in [0.4, 0.5) is 13.2 Å². The summed E-state index contributed by atoms with van der Waals surface area (Å²) in [5.74, 6) is -1.68. The van der Waals surface area contributed by atoms with E-state index in [-0.39, 0.29) is 5.92 Å². The van der Waals surface area contributed by atoms with E-state index in [2.05, 4.69) is 0 Å². The van der Waals surface area contributed by atoms with Crippen LogP contribution in [0, 0.1) is 17.8 Å². The molecule has 0 heterocycles. The van der Waals surface area contributed by atoms with Crippen LogP contribution in [0.1, 0.15) is 20.8 Å². The van der Waals surface area contributed by atoms with E-state index in [4.69, 9.17) is 0 Å². The zero-order chi connectivity index (χ0) is 9.46. The predicted molar refractivity (Wildman–Crippen MR) is 42.2 cm³/mol. The van der Waals surface area contributed by atoms with Crippen LogP contribution in [0.3, 0.4) is 0 Å². The molecule has 0 spiro atoms. The smallest absolute Gasteiger partial charge is 0.137 e. The lowest BCUT2D eigenvalue weighted by Gasteiger charge is -2.38. The average molecular weight is 180 g/mol. The minimum absolute atomic E-state index is 0.373. The van der Waals surface area contributed by atoms with Gasteiger partial charge in [-0.2, -0.15) is 0 Å². The Morgan fingerprint density at radius 2 is 0.917 bits per heavy atom.